The van der Waals surface area contributed by atoms with Crippen molar-refractivity contribution in [3.05, 3.63) is 65.0 Å². The molecule has 27 heavy (non-hydrogen) atoms. The molecule has 0 saturated heterocycles. The third-order valence-corrected chi connectivity index (χ3v) is 5.71. The summed E-state index contributed by atoms with van der Waals surface area (Å²) < 4.78 is 17.2. The fourth-order valence-corrected chi connectivity index (χ4v) is 4.20. The normalized spacial score (nSPS) is 14.1. The van der Waals surface area contributed by atoms with Crippen LogP contribution in [0.25, 0.3) is 10.4 Å². The van der Waals surface area contributed by atoms with Crippen molar-refractivity contribution in [2.24, 2.45) is 0 Å². The van der Waals surface area contributed by atoms with Gasteiger partial charge in [0.25, 0.3) is 0 Å². The van der Waals surface area contributed by atoms with Crippen molar-refractivity contribution in [2.75, 3.05) is 27.4 Å². The Hall–Kier alpha value is -2.50. The number of rotatable bonds is 5. The van der Waals surface area contributed by atoms with Crippen molar-refractivity contribution in [1.29, 1.82) is 0 Å². The number of hydrogen-bond donors (Lipinski definition) is 0. The van der Waals surface area contributed by atoms with Crippen LogP contribution in [0.15, 0.2) is 53.9 Å². The molecule has 0 N–H and O–H groups in total. The van der Waals surface area contributed by atoms with Crippen molar-refractivity contribution in [3.8, 4) is 27.7 Å². The van der Waals surface area contributed by atoms with Crippen molar-refractivity contribution in [2.45, 2.75) is 13.1 Å². The van der Waals surface area contributed by atoms with E-state index in [-0.39, 0.29) is 0 Å². The van der Waals surface area contributed by atoms with Crippen LogP contribution in [0.5, 0.6) is 17.2 Å². The first-order valence-corrected chi connectivity index (χ1v) is 9.88. The van der Waals surface area contributed by atoms with Crippen molar-refractivity contribution in [3.63, 3.8) is 0 Å². The summed E-state index contributed by atoms with van der Waals surface area (Å²) in [4.78, 5) is 3.62. The number of ether oxygens (including phenoxy) is 3. The van der Waals surface area contributed by atoms with E-state index in [1.165, 1.54) is 16.0 Å². The number of nitrogens with zero attached hydrogens (tertiary/aromatic N) is 1. The fraction of sp³-hybridized carbons (Fsp3) is 0.273. The molecule has 4 nitrogen and oxygen atoms in total. The Morgan fingerprint density at radius 1 is 1.04 bits per heavy atom. The lowest BCUT2D eigenvalue weighted by molar-refractivity contribution is 0.215. The summed E-state index contributed by atoms with van der Waals surface area (Å²) in [5, 5.41) is 2.10. The Kier molecular flexibility index (Phi) is 5.32. The van der Waals surface area contributed by atoms with Gasteiger partial charge in [0.05, 0.1) is 14.2 Å². The minimum atomic E-state index is 0.636. The summed E-state index contributed by atoms with van der Waals surface area (Å²) in [6, 6.07) is 16.7. The Labute approximate surface area is 163 Å². The van der Waals surface area contributed by atoms with Gasteiger partial charge in [-0.2, -0.15) is 0 Å². The molecule has 0 saturated carbocycles. The maximum Gasteiger partial charge on any atom is 0.165 e. The molecule has 0 atom stereocenters. The van der Waals surface area contributed by atoms with Gasteiger partial charge in [0.15, 0.2) is 11.5 Å². The molecule has 0 amide bonds. The number of hydrogen-bond acceptors (Lipinski definition) is 5. The van der Waals surface area contributed by atoms with Crippen LogP contribution in [-0.4, -0.2) is 32.3 Å². The second-order valence-corrected chi connectivity index (χ2v) is 7.46. The molecule has 4 rings (SSSR count). The Bertz CT molecular complexity index is 908. The Balaban J connectivity index is 1.65. The monoisotopic (exact) mass is 381 g/mol. The molecule has 0 radical (unpaired) electrons. The molecule has 1 aliphatic rings. The average Bonchev–Trinajstić information content (AvgIpc) is 3.16. The van der Waals surface area contributed by atoms with E-state index in [2.05, 4.69) is 46.7 Å². The maximum atomic E-state index is 6.07. The molecule has 0 spiro atoms. The second kappa shape index (κ2) is 8.03. The molecule has 3 aromatic rings. The van der Waals surface area contributed by atoms with Gasteiger partial charge in [-0.3, -0.25) is 4.90 Å². The smallest absolute Gasteiger partial charge is 0.165 e. The van der Waals surface area contributed by atoms with Crippen molar-refractivity contribution >= 4 is 11.3 Å². The highest BCUT2D eigenvalue weighted by Gasteiger charge is 2.21. The SMILES string of the molecule is COc1ccccc1CN1CCOc2c(cc(-c3cccs3)cc2OC)C1. The van der Waals surface area contributed by atoms with Gasteiger partial charge in [0, 0.05) is 35.6 Å². The van der Waals surface area contributed by atoms with E-state index in [1.807, 2.05) is 12.1 Å². The number of para-hydroxylation sites is 1. The third kappa shape index (κ3) is 3.80. The van der Waals surface area contributed by atoms with E-state index in [1.54, 1.807) is 25.6 Å². The van der Waals surface area contributed by atoms with E-state index in [4.69, 9.17) is 14.2 Å². The zero-order valence-electron chi connectivity index (χ0n) is 15.6. The first-order valence-electron chi connectivity index (χ1n) is 9.00. The van der Waals surface area contributed by atoms with Crippen molar-refractivity contribution in [1.82, 2.24) is 4.90 Å². The average molecular weight is 381 g/mol. The number of benzene rings is 2. The van der Waals surface area contributed by atoms with Crippen molar-refractivity contribution < 1.29 is 14.2 Å². The maximum absolute atomic E-state index is 6.07. The van der Waals surface area contributed by atoms with Crippen LogP contribution in [0, 0.1) is 0 Å². The van der Waals surface area contributed by atoms with Gasteiger partial charge in [0.1, 0.15) is 12.4 Å². The van der Waals surface area contributed by atoms with Gasteiger partial charge in [-0.15, -0.1) is 11.3 Å². The summed E-state index contributed by atoms with van der Waals surface area (Å²) in [7, 11) is 3.42. The van der Waals surface area contributed by atoms with Crippen LogP contribution in [0.3, 0.4) is 0 Å². The van der Waals surface area contributed by atoms with E-state index in [9.17, 15) is 0 Å². The minimum Gasteiger partial charge on any atom is -0.496 e. The van der Waals surface area contributed by atoms with E-state index in [0.29, 0.717) is 6.61 Å². The predicted molar refractivity (Wildman–Crippen MR) is 109 cm³/mol. The van der Waals surface area contributed by atoms with Gasteiger partial charge < -0.3 is 14.2 Å². The van der Waals surface area contributed by atoms with Gasteiger partial charge in [0.2, 0.25) is 0 Å². The highest BCUT2D eigenvalue weighted by molar-refractivity contribution is 7.13. The van der Waals surface area contributed by atoms with Gasteiger partial charge in [-0.1, -0.05) is 24.3 Å². The lowest BCUT2D eigenvalue weighted by atomic mass is 10.1. The van der Waals surface area contributed by atoms with Crippen LogP contribution >= 0.6 is 11.3 Å². The fourth-order valence-electron chi connectivity index (χ4n) is 3.48. The van der Waals surface area contributed by atoms with E-state index < -0.39 is 0 Å². The van der Waals surface area contributed by atoms with Crippen LogP contribution < -0.4 is 14.2 Å². The van der Waals surface area contributed by atoms with E-state index in [0.717, 1.165) is 42.4 Å². The standard InChI is InChI=1S/C22H23NO3S/c1-24-19-7-4-3-6-16(19)14-23-9-10-26-22-18(15-23)12-17(13-20(22)25-2)21-8-5-11-27-21/h3-8,11-13H,9-10,14-15H2,1-2H3. The largest absolute Gasteiger partial charge is 0.496 e. The predicted octanol–water partition coefficient (Wildman–Crippen LogP) is 4.83. The number of methoxy groups -OCH3 is 2. The molecule has 5 heteroatoms. The molecule has 0 fully saturated rings. The lowest BCUT2D eigenvalue weighted by Crippen LogP contribution is -2.25. The molecule has 2 aromatic carbocycles. The molecule has 140 valence electrons. The quantitative estimate of drug-likeness (QED) is 0.634. The van der Waals surface area contributed by atoms with Crippen LogP contribution in [-0.2, 0) is 13.1 Å². The molecule has 1 aromatic heterocycles. The minimum absolute atomic E-state index is 0.636. The summed E-state index contributed by atoms with van der Waals surface area (Å²) in [6.07, 6.45) is 0. The zero-order valence-corrected chi connectivity index (χ0v) is 16.4. The third-order valence-electron chi connectivity index (χ3n) is 4.79. The Morgan fingerprint density at radius 2 is 1.89 bits per heavy atom. The summed E-state index contributed by atoms with van der Waals surface area (Å²) >= 11 is 1.73. The number of thiophene rings is 1. The highest BCUT2D eigenvalue weighted by Crippen LogP contribution is 2.39. The molecule has 2 heterocycles. The summed E-state index contributed by atoms with van der Waals surface area (Å²) in [5.74, 6) is 2.59. The summed E-state index contributed by atoms with van der Waals surface area (Å²) in [5.41, 5.74) is 3.51. The van der Waals surface area contributed by atoms with E-state index >= 15 is 0 Å². The molecule has 0 unspecified atom stereocenters. The van der Waals surface area contributed by atoms with Gasteiger partial charge in [-0.25, -0.2) is 0 Å². The molecule has 1 aliphatic heterocycles. The van der Waals surface area contributed by atoms with Crippen LogP contribution in [0.4, 0.5) is 0 Å². The second-order valence-electron chi connectivity index (χ2n) is 6.52. The highest BCUT2D eigenvalue weighted by atomic mass is 32.1. The number of fused-ring (bicyclic) bond motifs is 1. The molecular weight excluding hydrogens is 358 g/mol. The first-order chi connectivity index (χ1) is 13.3. The lowest BCUT2D eigenvalue weighted by Gasteiger charge is -2.21. The van der Waals surface area contributed by atoms with Gasteiger partial charge in [-0.05, 0) is 35.2 Å². The zero-order chi connectivity index (χ0) is 18.6. The van der Waals surface area contributed by atoms with Crippen LogP contribution in [0.1, 0.15) is 11.1 Å². The Morgan fingerprint density at radius 3 is 2.67 bits per heavy atom. The summed E-state index contributed by atoms with van der Waals surface area (Å²) in [6.45, 7) is 3.11. The molecular formula is C22H23NO3S. The molecule has 0 bridgehead atoms. The van der Waals surface area contributed by atoms with Crippen LogP contribution in [0.2, 0.25) is 0 Å². The topological polar surface area (TPSA) is 30.9 Å². The first kappa shape index (κ1) is 17.9. The molecule has 0 aliphatic carbocycles. The van der Waals surface area contributed by atoms with Gasteiger partial charge >= 0.3 is 0 Å².